The van der Waals surface area contributed by atoms with E-state index in [9.17, 15) is 9.59 Å². The van der Waals surface area contributed by atoms with Gasteiger partial charge in [0.15, 0.2) is 0 Å². The molecule has 0 aliphatic rings. The number of carbonyl (C=O) groups is 1. The van der Waals surface area contributed by atoms with E-state index in [0.29, 0.717) is 28.9 Å². The first-order valence-corrected chi connectivity index (χ1v) is 6.84. The van der Waals surface area contributed by atoms with Crippen LogP contribution in [0.15, 0.2) is 45.6 Å². The average molecular weight is 302 g/mol. The van der Waals surface area contributed by atoms with Gasteiger partial charge in [0.25, 0.3) is 0 Å². The Hall–Kier alpha value is -2.56. The molecule has 22 heavy (non-hydrogen) atoms. The fraction of sp³-hybridized carbons (Fsp3) is 0.294. The number of fused-ring (bicyclic) bond motifs is 1. The lowest BCUT2D eigenvalue weighted by atomic mass is 10.00. The topological polar surface area (TPSA) is 65.7 Å². The molecule has 1 atom stereocenters. The Labute approximate surface area is 128 Å². The zero-order valence-corrected chi connectivity index (χ0v) is 12.8. The minimum Gasteiger partial charge on any atom is -0.496 e. The summed E-state index contributed by atoms with van der Waals surface area (Å²) in [6.45, 7) is 6.97. The van der Waals surface area contributed by atoms with E-state index in [2.05, 4.69) is 6.58 Å². The van der Waals surface area contributed by atoms with Crippen LogP contribution in [0.5, 0.6) is 5.75 Å². The van der Waals surface area contributed by atoms with Crippen LogP contribution >= 0.6 is 0 Å². The quantitative estimate of drug-likeness (QED) is 0.483. The Morgan fingerprint density at radius 1 is 1.27 bits per heavy atom. The van der Waals surface area contributed by atoms with Crippen molar-refractivity contribution in [2.45, 2.75) is 26.4 Å². The van der Waals surface area contributed by atoms with Crippen molar-refractivity contribution in [1.29, 1.82) is 0 Å². The predicted octanol–water partition coefficient (Wildman–Crippen LogP) is 2.85. The number of benzene rings is 1. The summed E-state index contributed by atoms with van der Waals surface area (Å²) in [4.78, 5) is 22.8. The van der Waals surface area contributed by atoms with E-state index in [-0.39, 0.29) is 0 Å². The Bertz CT molecular complexity index is 772. The van der Waals surface area contributed by atoms with Gasteiger partial charge in [-0.1, -0.05) is 6.58 Å². The number of methoxy groups -OCH3 is 1. The molecule has 1 aromatic heterocycles. The molecule has 0 bridgehead atoms. The number of hydrogen-bond acceptors (Lipinski definition) is 5. The minimum atomic E-state index is -0.512. The maximum atomic E-state index is 11.5. The lowest BCUT2D eigenvalue weighted by molar-refractivity contribution is -0.144. The van der Waals surface area contributed by atoms with Crippen LogP contribution in [0.2, 0.25) is 0 Å². The Morgan fingerprint density at radius 3 is 2.55 bits per heavy atom. The normalized spacial score (nSPS) is 12.0. The molecule has 116 valence electrons. The second kappa shape index (κ2) is 6.47. The van der Waals surface area contributed by atoms with Crippen molar-refractivity contribution in [3.05, 3.63) is 52.4 Å². The monoisotopic (exact) mass is 302 g/mol. The molecule has 0 fully saturated rings. The zero-order valence-electron chi connectivity index (χ0n) is 12.8. The molecule has 0 saturated carbocycles. The maximum absolute atomic E-state index is 11.5. The van der Waals surface area contributed by atoms with Crippen molar-refractivity contribution < 1.29 is 18.7 Å². The fourth-order valence-corrected chi connectivity index (χ4v) is 2.26. The average Bonchev–Trinajstić information content (AvgIpc) is 2.46. The van der Waals surface area contributed by atoms with Crippen molar-refractivity contribution in [1.82, 2.24) is 0 Å². The van der Waals surface area contributed by atoms with Crippen LogP contribution in [0.25, 0.3) is 11.0 Å². The fourth-order valence-electron chi connectivity index (χ4n) is 2.26. The summed E-state index contributed by atoms with van der Waals surface area (Å²) in [7, 11) is 1.54. The van der Waals surface area contributed by atoms with Gasteiger partial charge in [0.1, 0.15) is 17.4 Å². The van der Waals surface area contributed by atoms with Crippen LogP contribution in [0.3, 0.4) is 0 Å². The smallest absolute Gasteiger partial charge is 0.336 e. The third kappa shape index (κ3) is 3.36. The lowest BCUT2D eigenvalue weighted by Gasteiger charge is -2.19. The summed E-state index contributed by atoms with van der Waals surface area (Å²) in [5, 5.41) is 0.777. The highest BCUT2D eigenvalue weighted by Gasteiger charge is 2.20. The molecule has 1 heterocycles. The third-order valence-electron chi connectivity index (χ3n) is 3.32. The van der Waals surface area contributed by atoms with Gasteiger partial charge < -0.3 is 13.9 Å². The Balaban J connectivity index is 2.56. The largest absolute Gasteiger partial charge is 0.496 e. The molecule has 1 aromatic carbocycles. The summed E-state index contributed by atoms with van der Waals surface area (Å²) in [6, 6.07) is 6.65. The number of carbonyl (C=O) groups excluding carboxylic acids is 1. The summed E-state index contributed by atoms with van der Waals surface area (Å²) < 4.78 is 15.9. The molecule has 0 aliphatic carbocycles. The van der Waals surface area contributed by atoms with Crippen LogP contribution in [-0.4, -0.2) is 19.2 Å². The van der Waals surface area contributed by atoms with Gasteiger partial charge in [-0.2, -0.15) is 0 Å². The van der Waals surface area contributed by atoms with E-state index in [0.717, 1.165) is 5.39 Å². The van der Waals surface area contributed by atoms with Gasteiger partial charge in [-0.05, 0) is 30.7 Å². The Morgan fingerprint density at radius 2 is 1.95 bits per heavy atom. The third-order valence-corrected chi connectivity index (χ3v) is 3.32. The summed E-state index contributed by atoms with van der Waals surface area (Å²) in [5.74, 6) is 0.175. The molecule has 5 heteroatoms. The van der Waals surface area contributed by atoms with Crippen molar-refractivity contribution in [3.63, 3.8) is 0 Å². The van der Waals surface area contributed by atoms with Crippen molar-refractivity contribution >= 4 is 16.9 Å². The first-order chi connectivity index (χ1) is 10.4. The van der Waals surface area contributed by atoms with Crippen LogP contribution in [0, 0.1) is 0 Å². The number of rotatable bonds is 5. The molecule has 0 spiro atoms. The summed E-state index contributed by atoms with van der Waals surface area (Å²) >= 11 is 0. The number of esters is 1. The highest BCUT2D eigenvalue weighted by Crippen LogP contribution is 2.29. The van der Waals surface area contributed by atoms with Gasteiger partial charge >= 0.3 is 11.6 Å². The molecule has 0 amide bonds. The summed E-state index contributed by atoms with van der Waals surface area (Å²) in [6.07, 6.45) is -0.190. The van der Waals surface area contributed by atoms with Gasteiger partial charge in [-0.15, -0.1) is 0 Å². The SMILES string of the molecule is C=C(C)[C@H](Cc1c(OC)ccc2ccc(=O)oc12)OC(C)=O. The molecule has 5 nitrogen and oxygen atoms in total. The molecule has 0 aliphatic heterocycles. The highest BCUT2D eigenvalue weighted by molar-refractivity contribution is 5.82. The molecule has 0 saturated heterocycles. The molecule has 0 radical (unpaired) electrons. The van der Waals surface area contributed by atoms with Gasteiger partial charge in [-0.3, -0.25) is 4.79 Å². The van der Waals surface area contributed by atoms with Gasteiger partial charge in [0.05, 0.1) is 7.11 Å². The van der Waals surface area contributed by atoms with Crippen LogP contribution < -0.4 is 10.4 Å². The molecule has 2 aromatic rings. The first-order valence-electron chi connectivity index (χ1n) is 6.84. The second-order valence-corrected chi connectivity index (χ2v) is 5.07. The predicted molar refractivity (Wildman–Crippen MR) is 83.1 cm³/mol. The van der Waals surface area contributed by atoms with E-state index in [4.69, 9.17) is 13.9 Å². The lowest BCUT2D eigenvalue weighted by Crippen LogP contribution is -2.20. The van der Waals surface area contributed by atoms with Crippen LogP contribution in [-0.2, 0) is 16.0 Å². The first kappa shape index (κ1) is 15.8. The molecule has 0 N–H and O–H groups in total. The molecule has 2 rings (SSSR count). The van der Waals surface area contributed by atoms with Crippen LogP contribution in [0.1, 0.15) is 19.4 Å². The summed E-state index contributed by atoms with van der Waals surface area (Å²) in [5.41, 5.74) is 1.37. The number of ether oxygens (including phenoxy) is 2. The molecular formula is C17H18O5. The van der Waals surface area contributed by atoms with E-state index in [1.54, 1.807) is 19.1 Å². The zero-order chi connectivity index (χ0) is 16.3. The second-order valence-electron chi connectivity index (χ2n) is 5.07. The maximum Gasteiger partial charge on any atom is 0.336 e. The molecule has 0 unspecified atom stereocenters. The van der Waals surface area contributed by atoms with Gasteiger partial charge in [0, 0.05) is 30.4 Å². The van der Waals surface area contributed by atoms with Crippen molar-refractivity contribution in [3.8, 4) is 5.75 Å². The Kier molecular flexibility index (Phi) is 4.65. The van der Waals surface area contributed by atoms with Crippen molar-refractivity contribution in [2.75, 3.05) is 7.11 Å². The van der Waals surface area contributed by atoms with Gasteiger partial charge in [0.2, 0.25) is 0 Å². The number of hydrogen-bond donors (Lipinski definition) is 0. The van der Waals surface area contributed by atoms with E-state index in [1.807, 2.05) is 6.07 Å². The van der Waals surface area contributed by atoms with Crippen molar-refractivity contribution in [2.24, 2.45) is 0 Å². The molecular weight excluding hydrogens is 284 g/mol. The minimum absolute atomic E-state index is 0.322. The highest BCUT2D eigenvalue weighted by atomic mass is 16.5. The standard InChI is InChI=1S/C17H18O5/c1-10(2)15(21-11(3)18)9-13-14(20-4)7-5-12-6-8-16(19)22-17(12)13/h5-8,15H,1,9H2,2-4H3/t15-/m0/s1. The van der Waals surface area contributed by atoms with E-state index >= 15 is 0 Å². The van der Waals surface area contributed by atoms with Gasteiger partial charge in [-0.25, -0.2) is 4.79 Å². The van der Waals surface area contributed by atoms with Crippen LogP contribution in [0.4, 0.5) is 0 Å². The van der Waals surface area contributed by atoms with E-state index in [1.165, 1.54) is 20.1 Å². The van der Waals surface area contributed by atoms with E-state index < -0.39 is 17.7 Å².